The zero-order valence-corrected chi connectivity index (χ0v) is 18.1. The molecule has 10 nitrogen and oxygen atoms in total. The Balaban J connectivity index is 0.000000227. The van der Waals surface area contributed by atoms with Gasteiger partial charge in [0.25, 0.3) is 11.8 Å². The molecule has 4 aromatic heterocycles. The molecule has 4 rings (SSSR count). The van der Waals surface area contributed by atoms with E-state index in [1.165, 1.54) is 24.8 Å². The second-order valence-corrected chi connectivity index (χ2v) is 6.13. The summed E-state index contributed by atoms with van der Waals surface area (Å²) < 4.78 is 0. The Labute approximate surface area is 200 Å². The molecule has 0 saturated carbocycles. The number of H-pyrrole nitrogens is 2. The number of hydrazone groups is 2. The molecule has 11 heteroatoms. The van der Waals surface area contributed by atoms with Gasteiger partial charge in [-0.2, -0.15) is 10.2 Å². The topological polar surface area (TPSA) is 140 Å². The number of carbonyl (C=O) groups excluding carboxylic acids is 2. The van der Waals surface area contributed by atoms with E-state index in [1.54, 1.807) is 49.1 Å². The zero-order chi connectivity index (χ0) is 22.4. The molecule has 4 aromatic rings. The Morgan fingerprint density at radius 3 is 1.52 bits per heavy atom. The summed E-state index contributed by atoms with van der Waals surface area (Å²) in [7, 11) is 0. The van der Waals surface area contributed by atoms with Crippen LogP contribution in [0.4, 0.5) is 0 Å². The molecule has 0 bridgehead atoms. The van der Waals surface area contributed by atoms with Crippen LogP contribution in [0.15, 0.2) is 95.9 Å². The van der Waals surface area contributed by atoms with Gasteiger partial charge in [-0.05, 0) is 48.5 Å². The van der Waals surface area contributed by atoms with E-state index in [4.69, 9.17) is 0 Å². The van der Waals surface area contributed by atoms with Gasteiger partial charge >= 0.3 is 0 Å². The summed E-state index contributed by atoms with van der Waals surface area (Å²) in [5.74, 6) is -0.563. The second kappa shape index (κ2) is 13.9. The summed E-state index contributed by atoms with van der Waals surface area (Å²) in [6, 6.07) is 14.1. The normalized spacial score (nSPS) is 10.2. The molecule has 33 heavy (non-hydrogen) atoms. The molecule has 2 amide bonds. The molecule has 0 unspecified atom stereocenters. The minimum Gasteiger partial charge on any atom is -0.360 e. The number of nitrogens with one attached hydrogen (secondary N) is 4. The minimum atomic E-state index is -0.282. The smallest absolute Gasteiger partial charge is 0.272 e. The largest absolute Gasteiger partial charge is 0.360 e. The van der Waals surface area contributed by atoms with E-state index in [2.05, 4.69) is 41.0 Å². The van der Waals surface area contributed by atoms with Crippen LogP contribution in [-0.4, -0.2) is 44.2 Å². The molecule has 171 valence electrons. The van der Waals surface area contributed by atoms with Crippen LogP contribution in [0.1, 0.15) is 32.1 Å². The van der Waals surface area contributed by atoms with Gasteiger partial charge in [-0.25, -0.2) is 10.9 Å². The predicted octanol–water partition coefficient (Wildman–Crippen LogP) is 2.34. The molecule has 0 aromatic carbocycles. The Kier molecular flexibility index (Phi) is 10.5. The van der Waals surface area contributed by atoms with Gasteiger partial charge in [-0.1, -0.05) is 0 Å². The van der Waals surface area contributed by atoms with Gasteiger partial charge in [0.2, 0.25) is 0 Å². The fraction of sp³-hybridized carbons (Fsp3) is 0. The van der Waals surface area contributed by atoms with E-state index in [1.807, 2.05) is 24.3 Å². The fourth-order valence-electron chi connectivity index (χ4n) is 2.29. The van der Waals surface area contributed by atoms with E-state index in [0.29, 0.717) is 11.1 Å². The van der Waals surface area contributed by atoms with Crippen molar-refractivity contribution in [1.82, 2.24) is 30.8 Å². The average Bonchev–Trinajstić information content (AvgIpc) is 3.55. The predicted molar refractivity (Wildman–Crippen MR) is 120 cm³/mol. The summed E-state index contributed by atoms with van der Waals surface area (Å²) >= 11 is 0. The molecule has 0 atom stereocenters. The van der Waals surface area contributed by atoms with Crippen molar-refractivity contribution in [2.24, 2.45) is 10.2 Å². The van der Waals surface area contributed by atoms with Gasteiger partial charge in [0.05, 0.1) is 34.9 Å². The monoisotopic (exact) mass is 491 g/mol. The van der Waals surface area contributed by atoms with Crippen LogP contribution < -0.4 is 10.9 Å². The van der Waals surface area contributed by atoms with Crippen LogP contribution >= 0.6 is 0 Å². The SMILES string of the molecule is O=C(N/N=C/c1ccc[nH]1)c1cccnc1.O=C(N/N=C/c1ccc[nH]1)c1cccnc1.[Cu]. The van der Waals surface area contributed by atoms with Crippen molar-refractivity contribution >= 4 is 24.2 Å². The van der Waals surface area contributed by atoms with Crippen molar-refractivity contribution in [3.8, 4) is 0 Å². The van der Waals surface area contributed by atoms with Crippen LogP contribution in [0, 0.1) is 0 Å². The van der Waals surface area contributed by atoms with Crippen LogP contribution in [0.25, 0.3) is 0 Å². The maximum atomic E-state index is 11.5. The summed E-state index contributed by atoms with van der Waals surface area (Å²) in [5, 5.41) is 7.61. The van der Waals surface area contributed by atoms with E-state index >= 15 is 0 Å². The van der Waals surface area contributed by atoms with Gasteiger partial charge in [0.1, 0.15) is 0 Å². The Morgan fingerprint density at radius 2 is 1.18 bits per heavy atom. The van der Waals surface area contributed by atoms with Crippen LogP contribution in [0.5, 0.6) is 0 Å². The van der Waals surface area contributed by atoms with E-state index in [9.17, 15) is 9.59 Å². The molecule has 0 aliphatic rings. The standard InChI is InChI=1S/2C11H10N4O.Cu/c2*16-11(9-3-1-5-12-7-9)15-14-8-10-4-2-6-13-10;/h2*1-8,13H,(H,15,16);/b2*14-8+;. The van der Waals surface area contributed by atoms with Crippen molar-refractivity contribution in [3.63, 3.8) is 0 Å². The molecule has 0 aliphatic carbocycles. The first-order valence-electron chi connectivity index (χ1n) is 9.46. The van der Waals surface area contributed by atoms with Crippen LogP contribution in [0.3, 0.4) is 0 Å². The first-order valence-corrected chi connectivity index (χ1v) is 9.46. The van der Waals surface area contributed by atoms with Gasteiger partial charge in [0.15, 0.2) is 0 Å². The third-order valence-corrected chi connectivity index (χ3v) is 3.83. The van der Waals surface area contributed by atoms with Gasteiger partial charge < -0.3 is 9.97 Å². The maximum Gasteiger partial charge on any atom is 0.272 e. The molecule has 4 N–H and O–H groups in total. The van der Waals surface area contributed by atoms with Crippen LogP contribution in [0.2, 0.25) is 0 Å². The van der Waals surface area contributed by atoms with Gasteiger partial charge in [-0.15, -0.1) is 0 Å². The molecule has 0 spiro atoms. The van der Waals surface area contributed by atoms with Crippen molar-refractivity contribution < 1.29 is 26.7 Å². The summed E-state index contributed by atoms with van der Waals surface area (Å²) in [6.07, 6.45) is 12.8. The summed E-state index contributed by atoms with van der Waals surface area (Å²) in [4.78, 5) is 36.6. The Bertz CT molecular complexity index is 1050. The van der Waals surface area contributed by atoms with E-state index < -0.39 is 0 Å². The Hall–Kier alpha value is -4.34. The molecule has 0 saturated heterocycles. The number of hydrogen-bond acceptors (Lipinski definition) is 6. The van der Waals surface area contributed by atoms with Crippen molar-refractivity contribution in [1.29, 1.82) is 0 Å². The van der Waals surface area contributed by atoms with Crippen LogP contribution in [-0.2, 0) is 17.1 Å². The van der Waals surface area contributed by atoms with E-state index in [-0.39, 0.29) is 28.9 Å². The number of amides is 2. The average molecular weight is 492 g/mol. The maximum absolute atomic E-state index is 11.5. The van der Waals surface area contributed by atoms with Crippen molar-refractivity contribution in [2.45, 2.75) is 0 Å². The third-order valence-electron chi connectivity index (χ3n) is 3.83. The van der Waals surface area contributed by atoms with Gasteiger partial charge in [0, 0.05) is 54.2 Å². The summed E-state index contributed by atoms with van der Waals surface area (Å²) in [6.45, 7) is 0. The number of aromatic amines is 2. The quantitative estimate of drug-likeness (QED) is 0.186. The molecule has 1 radical (unpaired) electrons. The van der Waals surface area contributed by atoms with Gasteiger partial charge in [-0.3, -0.25) is 19.6 Å². The number of hydrogen-bond donors (Lipinski definition) is 4. The molecule has 0 aliphatic heterocycles. The third kappa shape index (κ3) is 8.74. The zero-order valence-electron chi connectivity index (χ0n) is 17.1. The number of aromatic nitrogens is 4. The molecular formula is C22H20CuN8O2. The number of rotatable bonds is 6. The first-order chi connectivity index (χ1) is 15.7. The minimum absolute atomic E-state index is 0. The Morgan fingerprint density at radius 1 is 0.727 bits per heavy atom. The molecular weight excluding hydrogens is 472 g/mol. The van der Waals surface area contributed by atoms with E-state index in [0.717, 1.165) is 11.4 Å². The number of carbonyl (C=O) groups is 2. The fourth-order valence-corrected chi connectivity index (χ4v) is 2.29. The molecule has 4 heterocycles. The number of nitrogens with zero attached hydrogens (tertiary/aromatic N) is 4. The number of pyridine rings is 2. The first kappa shape index (κ1) is 24.9. The van der Waals surface area contributed by atoms with Crippen molar-refractivity contribution in [2.75, 3.05) is 0 Å². The molecule has 0 fully saturated rings. The van der Waals surface area contributed by atoms with Crippen molar-refractivity contribution in [3.05, 3.63) is 108 Å². The second-order valence-electron chi connectivity index (χ2n) is 6.13. The summed E-state index contributed by atoms with van der Waals surface area (Å²) in [5.41, 5.74) is 7.42.